The number of thioether (sulfide) groups is 1. The van der Waals surface area contributed by atoms with Gasteiger partial charge < -0.3 is 15.0 Å². The Morgan fingerprint density at radius 1 is 0.922 bits per heavy atom. The first-order valence-electron chi connectivity index (χ1n) is 18.6. The van der Waals surface area contributed by atoms with Crippen LogP contribution in [0, 0.1) is 22.7 Å². The highest BCUT2D eigenvalue weighted by atomic mass is 32.2. The lowest BCUT2D eigenvalue weighted by atomic mass is 9.57. The number of allylic oxidation sites excluding steroid dienone is 3. The smallest absolute Gasteiger partial charge is 0.258 e. The van der Waals surface area contributed by atoms with Crippen LogP contribution in [-0.4, -0.2) is 47.2 Å². The molecule has 0 aromatic heterocycles. The van der Waals surface area contributed by atoms with Gasteiger partial charge in [0, 0.05) is 28.3 Å². The van der Waals surface area contributed by atoms with Gasteiger partial charge in [-0.1, -0.05) is 137 Å². The molecule has 3 aromatic carbocycles. The molecular formula is C44H52N2O3SSi. The minimum absolute atomic E-state index is 0.0142. The molecule has 7 heteroatoms. The largest absolute Gasteiger partial charge is 0.424 e. The fourth-order valence-corrected chi connectivity index (χ4v) is 14.9. The molecular weight excluding hydrogens is 665 g/mol. The highest BCUT2D eigenvalue weighted by Gasteiger charge is 2.61. The van der Waals surface area contributed by atoms with E-state index in [0.717, 1.165) is 35.3 Å². The molecule has 4 atom stereocenters. The molecule has 0 unspecified atom stereocenters. The van der Waals surface area contributed by atoms with Crippen molar-refractivity contribution in [1.29, 1.82) is 0 Å². The summed E-state index contributed by atoms with van der Waals surface area (Å²) in [5, 5.41) is 5.06. The fraction of sp³-hybridized carbons (Fsp3) is 0.409. The second kappa shape index (κ2) is 13.4. The third-order valence-corrected chi connectivity index (χ3v) is 18.5. The molecule has 2 N–H and O–H groups in total. The first kappa shape index (κ1) is 35.7. The van der Waals surface area contributed by atoms with E-state index in [9.17, 15) is 14.4 Å². The standard InChI is InChI=1S/C44H52N2O3SSi/c1-41(2,51(49,33-21-12-7-13-22-33)34-23-14-8-15-24-34)30-36-38(50-32-19-10-6-11-20-32)29-37-35(42(36,3)4)31-44(39(47)45-37)27-18-28-46(44)40(48)43(5)25-16-9-17-26-43/h6-8,10-17,19-26,29,35-36,38,49H,9,18,27-28,30-31H2,1-5H3,(H,45,47)/t35-,36+,38-,44+/m0/s1. The van der Waals surface area contributed by atoms with E-state index in [1.54, 1.807) is 0 Å². The Bertz CT molecular complexity index is 1800. The van der Waals surface area contributed by atoms with Crippen LogP contribution in [0.5, 0.6) is 0 Å². The van der Waals surface area contributed by atoms with E-state index in [-0.39, 0.29) is 34.3 Å². The van der Waals surface area contributed by atoms with Gasteiger partial charge in [0.15, 0.2) is 0 Å². The highest BCUT2D eigenvalue weighted by Crippen LogP contribution is 2.59. The van der Waals surface area contributed by atoms with E-state index < -0.39 is 24.3 Å². The monoisotopic (exact) mass is 716 g/mol. The third-order valence-electron chi connectivity index (χ3n) is 12.7. The quantitative estimate of drug-likeness (QED) is 0.186. The van der Waals surface area contributed by atoms with Gasteiger partial charge in [0.1, 0.15) is 5.54 Å². The summed E-state index contributed by atoms with van der Waals surface area (Å²) in [6.07, 6.45) is 14.1. The molecule has 2 aliphatic carbocycles. The van der Waals surface area contributed by atoms with Crippen molar-refractivity contribution < 1.29 is 14.4 Å². The van der Waals surface area contributed by atoms with Crippen molar-refractivity contribution in [3.63, 3.8) is 0 Å². The highest BCUT2D eigenvalue weighted by molar-refractivity contribution is 8.00. The predicted molar refractivity (Wildman–Crippen MR) is 211 cm³/mol. The topological polar surface area (TPSA) is 69.6 Å². The summed E-state index contributed by atoms with van der Waals surface area (Å²) in [4.78, 5) is 45.1. The molecule has 2 fully saturated rings. The van der Waals surface area contributed by atoms with E-state index in [1.165, 1.54) is 4.90 Å². The molecule has 4 aliphatic rings. The Hall–Kier alpha value is -3.65. The van der Waals surface area contributed by atoms with E-state index in [2.05, 4.69) is 99.8 Å². The Morgan fingerprint density at radius 3 is 2.08 bits per heavy atom. The zero-order chi connectivity index (χ0) is 36.1. The molecule has 2 saturated heterocycles. The van der Waals surface area contributed by atoms with E-state index >= 15 is 0 Å². The molecule has 51 heavy (non-hydrogen) atoms. The normalized spacial score (nSPS) is 26.8. The van der Waals surface area contributed by atoms with Crippen LogP contribution < -0.4 is 15.7 Å². The molecule has 3 aromatic rings. The Balaban J connectivity index is 1.30. The van der Waals surface area contributed by atoms with E-state index in [1.807, 2.05) is 78.2 Å². The van der Waals surface area contributed by atoms with E-state index in [0.29, 0.717) is 19.4 Å². The van der Waals surface area contributed by atoms with Crippen molar-refractivity contribution >= 4 is 42.3 Å². The molecule has 2 aliphatic heterocycles. The molecule has 5 nitrogen and oxygen atoms in total. The number of rotatable bonds is 8. The summed E-state index contributed by atoms with van der Waals surface area (Å²) in [6, 6.07) is 31.1. The average Bonchev–Trinajstić information content (AvgIpc) is 3.56. The Labute approximate surface area is 309 Å². The molecule has 0 radical (unpaired) electrons. The molecule has 0 saturated carbocycles. The number of carbonyl (C=O) groups excluding carboxylic acids is 2. The summed E-state index contributed by atoms with van der Waals surface area (Å²) in [6.45, 7) is 11.8. The van der Waals surface area contributed by atoms with Crippen LogP contribution in [0.1, 0.15) is 66.7 Å². The number of piperidine rings is 1. The van der Waals surface area contributed by atoms with Crippen molar-refractivity contribution in [1.82, 2.24) is 10.2 Å². The zero-order valence-electron chi connectivity index (χ0n) is 30.6. The predicted octanol–water partition coefficient (Wildman–Crippen LogP) is 7.63. The summed E-state index contributed by atoms with van der Waals surface area (Å²) < 4.78 is 0. The van der Waals surface area contributed by atoms with Crippen LogP contribution in [-0.2, 0) is 9.59 Å². The first-order valence-corrected chi connectivity index (χ1v) is 21.4. The minimum Gasteiger partial charge on any atom is -0.424 e. The number of nitrogens with zero attached hydrogens (tertiary/aromatic N) is 1. The lowest BCUT2D eigenvalue weighted by molar-refractivity contribution is -0.152. The summed E-state index contributed by atoms with van der Waals surface area (Å²) in [5.74, 6) is 0.152. The maximum atomic E-state index is 14.4. The Morgan fingerprint density at radius 2 is 1.49 bits per heavy atom. The number of amides is 2. The molecule has 7 rings (SSSR count). The molecule has 266 valence electrons. The van der Waals surface area contributed by atoms with Crippen LogP contribution in [0.25, 0.3) is 0 Å². The van der Waals surface area contributed by atoms with Gasteiger partial charge in [-0.2, -0.15) is 0 Å². The maximum absolute atomic E-state index is 14.4. The van der Waals surface area contributed by atoms with Gasteiger partial charge in [0.25, 0.3) is 8.32 Å². The van der Waals surface area contributed by atoms with Crippen molar-refractivity contribution in [2.75, 3.05) is 6.54 Å². The Kier molecular flexibility index (Phi) is 9.39. The van der Waals surface area contributed by atoms with Crippen LogP contribution in [0.3, 0.4) is 0 Å². The van der Waals surface area contributed by atoms with Gasteiger partial charge in [-0.15, -0.1) is 11.8 Å². The summed E-state index contributed by atoms with van der Waals surface area (Å²) >= 11 is 1.85. The number of hydrogen-bond acceptors (Lipinski definition) is 4. The number of hydrogen-bond donors (Lipinski definition) is 2. The summed E-state index contributed by atoms with van der Waals surface area (Å²) in [5.41, 5.74) is -0.924. The van der Waals surface area contributed by atoms with Crippen molar-refractivity contribution in [3.8, 4) is 0 Å². The second-order valence-electron chi connectivity index (χ2n) is 16.6. The zero-order valence-corrected chi connectivity index (χ0v) is 32.5. The van der Waals surface area contributed by atoms with Crippen LogP contribution >= 0.6 is 11.8 Å². The average molecular weight is 717 g/mol. The fourth-order valence-electron chi connectivity index (χ4n) is 9.64. The molecule has 0 bridgehead atoms. The third kappa shape index (κ3) is 6.09. The van der Waals surface area contributed by atoms with Crippen LogP contribution in [0.4, 0.5) is 0 Å². The molecule has 1 spiro atoms. The summed E-state index contributed by atoms with van der Waals surface area (Å²) in [7, 11) is -3.30. The SMILES string of the molecule is CC1(C(=O)N2CCC[C@]23C[C@H]2C(=C[C@H](Sc4ccccc4)[C@@H](CC(C)(C)[Si](O)(c4ccccc4)c4ccccc4)C2(C)C)NC3=O)C=CCC=C1. The van der Waals surface area contributed by atoms with Crippen molar-refractivity contribution in [2.45, 2.75) is 87.4 Å². The van der Waals surface area contributed by atoms with Gasteiger partial charge in [0.2, 0.25) is 11.8 Å². The van der Waals surface area contributed by atoms with Gasteiger partial charge in [0.05, 0.1) is 5.41 Å². The lowest BCUT2D eigenvalue weighted by Gasteiger charge is -2.56. The number of fused-ring (bicyclic) bond motifs is 1. The minimum atomic E-state index is -3.30. The van der Waals surface area contributed by atoms with Gasteiger partial charge in [-0.05, 0) is 77.9 Å². The number of likely N-dealkylation sites (tertiary alicyclic amines) is 1. The second-order valence-corrected chi connectivity index (χ2v) is 21.8. The molecule has 2 heterocycles. The van der Waals surface area contributed by atoms with Gasteiger partial charge >= 0.3 is 0 Å². The number of nitrogens with one attached hydrogen (secondary N) is 1. The van der Waals surface area contributed by atoms with Gasteiger partial charge in [-0.25, -0.2) is 0 Å². The van der Waals surface area contributed by atoms with E-state index in [4.69, 9.17) is 0 Å². The maximum Gasteiger partial charge on any atom is 0.258 e. The number of carbonyl (C=O) groups is 2. The number of benzene rings is 3. The lowest BCUT2D eigenvalue weighted by Crippen LogP contribution is -2.67. The molecule has 2 amide bonds. The van der Waals surface area contributed by atoms with Crippen molar-refractivity contribution in [3.05, 3.63) is 127 Å². The van der Waals surface area contributed by atoms with Gasteiger partial charge in [-0.3, -0.25) is 9.59 Å². The van der Waals surface area contributed by atoms with Crippen LogP contribution in [0.2, 0.25) is 5.04 Å². The van der Waals surface area contributed by atoms with Crippen molar-refractivity contribution in [2.24, 2.45) is 22.7 Å². The van der Waals surface area contributed by atoms with Crippen LogP contribution in [0.15, 0.2) is 132 Å². The first-order chi connectivity index (χ1) is 24.3.